The van der Waals surface area contributed by atoms with Crippen molar-refractivity contribution in [1.29, 1.82) is 0 Å². The van der Waals surface area contributed by atoms with Crippen LogP contribution in [0.1, 0.15) is 17.3 Å². The molecule has 1 heterocycles. The minimum absolute atomic E-state index is 0.334. The predicted molar refractivity (Wildman–Crippen MR) is 70.6 cm³/mol. The summed E-state index contributed by atoms with van der Waals surface area (Å²) >= 11 is 6.18. The third kappa shape index (κ3) is 2.51. The number of halogens is 1. The van der Waals surface area contributed by atoms with Crippen molar-refractivity contribution in [1.82, 2.24) is 4.98 Å². The van der Waals surface area contributed by atoms with Crippen LogP contribution >= 0.6 is 11.6 Å². The summed E-state index contributed by atoms with van der Waals surface area (Å²) in [7, 11) is 0. The van der Waals surface area contributed by atoms with E-state index in [1.807, 2.05) is 12.1 Å². The van der Waals surface area contributed by atoms with Gasteiger partial charge in [0.1, 0.15) is 0 Å². The van der Waals surface area contributed by atoms with Gasteiger partial charge in [0.15, 0.2) is 0 Å². The van der Waals surface area contributed by atoms with Gasteiger partial charge in [-0.25, -0.2) is 4.79 Å². The van der Waals surface area contributed by atoms with E-state index < -0.39 is 0 Å². The molecule has 18 heavy (non-hydrogen) atoms. The summed E-state index contributed by atoms with van der Waals surface area (Å²) in [5.74, 6) is -0.369. The van der Waals surface area contributed by atoms with Gasteiger partial charge in [-0.1, -0.05) is 17.7 Å². The van der Waals surface area contributed by atoms with Crippen molar-refractivity contribution < 1.29 is 9.53 Å². The van der Waals surface area contributed by atoms with Crippen LogP contribution in [0, 0.1) is 0 Å². The first-order chi connectivity index (χ1) is 8.74. The van der Waals surface area contributed by atoms with Crippen LogP contribution in [0.2, 0.25) is 5.02 Å². The molecule has 0 saturated carbocycles. The second-order valence-electron chi connectivity index (χ2n) is 3.62. The Morgan fingerprint density at radius 3 is 2.67 bits per heavy atom. The molecule has 0 aliphatic carbocycles. The third-order valence-electron chi connectivity index (χ3n) is 2.48. The second kappa shape index (κ2) is 5.65. The highest BCUT2D eigenvalue weighted by molar-refractivity contribution is 6.34. The first kappa shape index (κ1) is 12.6. The number of aromatic nitrogens is 1. The number of benzene rings is 1. The maximum atomic E-state index is 11.9. The van der Waals surface area contributed by atoms with E-state index >= 15 is 0 Å². The smallest absolute Gasteiger partial charge is 0.338 e. The molecular formula is C14H12ClNO2. The van der Waals surface area contributed by atoms with E-state index in [4.69, 9.17) is 16.3 Å². The number of carbonyl (C=O) groups excluding carboxylic acids is 1. The van der Waals surface area contributed by atoms with Gasteiger partial charge in [0, 0.05) is 23.0 Å². The minimum atomic E-state index is -0.369. The van der Waals surface area contributed by atoms with E-state index in [0.717, 1.165) is 5.56 Å². The van der Waals surface area contributed by atoms with Gasteiger partial charge < -0.3 is 4.74 Å². The standard InChI is InChI=1S/C14H12ClNO2/c1-2-18-14(17)11-4-3-5-12(15)13(11)10-6-8-16-9-7-10/h3-9H,2H2,1H3. The maximum Gasteiger partial charge on any atom is 0.338 e. The summed E-state index contributed by atoms with van der Waals surface area (Å²) in [5.41, 5.74) is 1.99. The number of carbonyl (C=O) groups is 1. The molecular weight excluding hydrogens is 250 g/mol. The van der Waals surface area contributed by atoms with E-state index in [9.17, 15) is 4.79 Å². The van der Waals surface area contributed by atoms with Crippen molar-refractivity contribution in [2.45, 2.75) is 6.92 Å². The second-order valence-corrected chi connectivity index (χ2v) is 4.03. The number of esters is 1. The molecule has 0 radical (unpaired) electrons. The molecule has 0 aliphatic rings. The molecule has 0 N–H and O–H groups in total. The Labute approximate surface area is 110 Å². The fourth-order valence-electron chi connectivity index (χ4n) is 1.72. The highest BCUT2D eigenvalue weighted by Gasteiger charge is 2.16. The lowest BCUT2D eigenvalue weighted by Gasteiger charge is -2.10. The molecule has 1 aromatic heterocycles. The average Bonchev–Trinajstić information content (AvgIpc) is 2.39. The van der Waals surface area contributed by atoms with Crippen LogP contribution in [0.3, 0.4) is 0 Å². The van der Waals surface area contributed by atoms with Crippen molar-refractivity contribution in [2.75, 3.05) is 6.61 Å². The molecule has 3 nitrogen and oxygen atoms in total. The number of ether oxygens (including phenoxy) is 1. The zero-order chi connectivity index (χ0) is 13.0. The van der Waals surface area contributed by atoms with E-state index in [1.54, 1.807) is 37.5 Å². The molecule has 92 valence electrons. The maximum absolute atomic E-state index is 11.9. The molecule has 4 heteroatoms. The molecule has 0 amide bonds. The highest BCUT2D eigenvalue weighted by Crippen LogP contribution is 2.31. The van der Waals surface area contributed by atoms with Gasteiger partial charge >= 0.3 is 5.97 Å². The summed E-state index contributed by atoms with van der Waals surface area (Å²) in [4.78, 5) is 15.8. The van der Waals surface area contributed by atoms with Crippen LogP contribution in [0.25, 0.3) is 11.1 Å². The van der Waals surface area contributed by atoms with Crippen molar-refractivity contribution in [3.8, 4) is 11.1 Å². The van der Waals surface area contributed by atoms with E-state index in [-0.39, 0.29) is 5.97 Å². The van der Waals surface area contributed by atoms with Crippen molar-refractivity contribution in [3.63, 3.8) is 0 Å². The van der Waals surface area contributed by atoms with Gasteiger partial charge in [0.2, 0.25) is 0 Å². The predicted octanol–water partition coefficient (Wildman–Crippen LogP) is 3.58. The summed E-state index contributed by atoms with van der Waals surface area (Å²) in [6.07, 6.45) is 3.32. The SMILES string of the molecule is CCOC(=O)c1cccc(Cl)c1-c1ccncc1. The highest BCUT2D eigenvalue weighted by atomic mass is 35.5. The van der Waals surface area contributed by atoms with Crippen LogP contribution in [0.4, 0.5) is 0 Å². The molecule has 1 aromatic carbocycles. The molecule has 0 spiro atoms. The van der Waals surface area contributed by atoms with Crippen LogP contribution in [-0.4, -0.2) is 17.6 Å². The van der Waals surface area contributed by atoms with Crippen LogP contribution < -0.4 is 0 Å². The first-order valence-corrected chi connectivity index (χ1v) is 5.98. The van der Waals surface area contributed by atoms with E-state index in [0.29, 0.717) is 22.8 Å². The molecule has 0 atom stereocenters. The van der Waals surface area contributed by atoms with Crippen LogP contribution in [-0.2, 0) is 4.74 Å². The lowest BCUT2D eigenvalue weighted by molar-refractivity contribution is 0.0527. The lowest BCUT2D eigenvalue weighted by Crippen LogP contribution is -2.06. The van der Waals surface area contributed by atoms with Gasteiger partial charge in [0.25, 0.3) is 0 Å². The number of nitrogens with zero attached hydrogens (tertiary/aromatic N) is 1. The summed E-state index contributed by atoms with van der Waals surface area (Å²) in [6, 6.07) is 8.81. The Kier molecular flexibility index (Phi) is 3.95. The minimum Gasteiger partial charge on any atom is -0.462 e. The van der Waals surface area contributed by atoms with Gasteiger partial charge in [-0.3, -0.25) is 4.98 Å². The van der Waals surface area contributed by atoms with Gasteiger partial charge in [-0.05, 0) is 36.8 Å². The Hall–Kier alpha value is -1.87. The summed E-state index contributed by atoms with van der Waals surface area (Å²) < 4.78 is 5.03. The fourth-order valence-corrected chi connectivity index (χ4v) is 2.00. The molecule has 0 unspecified atom stereocenters. The zero-order valence-electron chi connectivity index (χ0n) is 9.89. The number of pyridine rings is 1. The average molecular weight is 262 g/mol. The van der Waals surface area contributed by atoms with Gasteiger partial charge in [-0.15, -0.1) is 0 Å². The molecule has 2 aromatic rings. The summed E-state index contributed by atoms with van der Waals surface area (Å²) in [5, 5.41) is 0.520. The van der Waals surface area contributed by atoms with Crippen LogP contribution in [0.5, 0.6) is 0 Å². The van der Waals surface area contributed by atoms with E-state index in [1.165, 1.54) is 0 Å². The third-order valence-corrected chi connectivity index (χ3v) is 2.79. The number of rotatable bonds is 3. The molecule has 0 fully saturated rings. The monoisotopic (exact) mass is 261 g/mol. The Balaban J connectivity index is 2.55. The van der Waals surface area contributed by atoms with Crippen molar-refractivity contribution in [3.05, 3.63) is 53.3 Å². The largest absolute Gasteiger partial charge is 0.462 e. The lowest BCUT2D eigenvalue weighted by atomic mass is 10.0. The normalized spacial score (nSPS) is 10.1. The zero-order valence-corrected chi connectivity index (χ0v) is 10.6. The molecule has 0 saturated heterocycles. The summed E-state index contributed by atoms with van der Waals surface area (Å²) in [6.45, 7) is 2.11. The van der Waals surface area contributed by atoms with Gasteiger partial charge in [-0.2, -0.15) is 0 Å². The number of hydrogen-bond donors (Lipinski definition) is 0. The van der Waals surface area contributed by atoms with Crippen LogP contribution in [0.15, 0.2) is 42.7 Å². The first-order valence-electron chi connectivity index (χ1n) is 5.60. The van der Waals surface area contributed by atoms with E-state index in [2.05, 4.69) is 4.98 Å². The quantitative estimate of drug-likeness (QED) is 0.793. The fraction of sp³-hybridized carbons (Fsp3) is 0.143. The molecule has 0 aliphatic heterocycles. The van der Waals surface area contributed by atoms with Crippen molar-refractivity contribution >= 4 is 17.6 Å². The molecule has 0 bridgehead atoms. The topological polar surface area (TPSA) is 39.2 Å². The Morgan fingerprint density at radius 1 is 1.28 bits per heavy atom. The molecule has 2 rings (SSSR count). The Morgan fingerprint density at radius 2 is 2.00 bits per heavy atom. The Bertz CT molecular complexity index is 555. The van der Waals surface area contributed by atoms with Crippen molar-refractivity contribution in [2.24, 2.45) is 0 Å². The number of hydrogen-bond acceptors (Lipinski definition) is 3. The van der Waals surface area contributed by atoms with Gasteiger partial charge in [0.05, 0.1) is 12.2 Å².